The summed E-state index contributed by atoms with van der Waals surface area (Å²) >= 11 is 8.13. The Hall–Kier alpha value is -1.65. The Morgan fingerprint density at radius 2 is 2.13 bits per heavy atom. The van der Waals surface area contributed by atoms with Gasteiger partial charge in [-0.25, -0.2) is 4.98 Å². The summed E-state index contributed by atoms with van der Waals surface area (Å²) in [4.78, 5) is 4.75. The van der Waals surface area contributed by atoms with Gasteiger partial charge in [0.15, 0.2) is 4.75 Å². The van der Waals surface area contributed by atoms with Crippen LogP contribution in [0.1, 0.15) is 37.7 Å². The van der Waals surface area contributed by atoms with E-state index >= 15 is 0 Å². The van der Waals surface area contributed by atoms with E-state index in [4.69, 9.17) is 26.5 Å². The molecule has 0 fully saturated rings. The first-order valence-electron chi connectivity index (χ1n) is 9.37. The van der Waals surface area contributed by atoms with Crippen LogP contribution in [-0.2, 0) is 11.4 Å². The largest absolute Gasteiger partial charge is 0.598 e. The molecular weight excluding hydrogens is 512 g/mol. The maximum atomic E-state index is 13.1. The van der Waals surface area contributed by atoms with Crippen molar-refractivity contribution in [2.75, 3.05) is 0 Å². The van der Waals surface area contributed by atoms with Gasteiger partial charge in [0.05, 0.1) is 17.1 Å². The first kappa shape index (κ1) is 22.5. The summed E-state index contributed by atoms with van der Waals surface area (Å²) in [7, 11) is 0. The van der Waals surface area contributed by atoms with Gasteiger partial charge >= 0.3 is 6.61 Å². The smallest absolute Gasteiger partial charge is 0.387 e. The lowest BCUT2D eigenvalue weighted by Gasteiger charge is -2.21. The minimum atomic E-state index is -2.96. The molecule has 0 spiro atoms. The first-order valence-corrected chi connectivity index (χ1v) is 11.8. The van der Waals surface area contributed by atoms with E-state index in [1.165, 1.54) is 6.07 Å². The van der Waals surface area contributed by atoms with Crippen molar-refractivity contribution >= 4 is 55.5 Å². The quantitative estimate of drug-likeness (QED) is 0.421. The average molecular weight is 531 g/mol. The topological polar surface area (TPSA) is 76.1 Å². The molecule has 0 aliphatic carbocycles. The molecule has 0 saturated carbocycles. The van der Waals surface area contributed by atoms with E-state index in [1.54, 1.807) is 44.2 Å². The van der Waals surface area contributed by atoms with E-state index < -0.39 is 28.8 Å². The van der Waals surface area contributed by atoms with E-state index in [1.807, 2.05) is 10.6 Å². The van der Waals surface area contributed by atoms with Gasteiger partial charge in [0.1, 0.15) is 11.6 Å². The molecule has 10 heteroatoms. The molecule has 1 aromatic heterocycles. The number of alkyl halides is 2. The Morgan fingerprint density at radius 1 is 1.39 bits per heavy atom. The fourth-order valence-corrected chi connectivity index (χ4v) is 4.91. The van der Waals surface area contributed by atoms with Crippen molar-refractivity contribution in [1.82, 2.24) is 9.55 Å². The van der Waals surface area contributed by atoms with Gasteiger partial charge in [-0.05, 0) is 55.8 Å². The first-order chi connectivity index (χ1) is 14.6. The summed E-state index contributed by atoms with van der Waals surface area (Å²) in [5.74, 6) is 0.728. The molecule has 0 bridgehead atoms. The van der Waals surface area contributed by atoms with Crippen molar-refractivity contribution in [2.24, 2.45) is 5.14 Å². The lowest BCUT2D eigenvalue weighted by molar-refractivity contribution is -0.0507. The molecular formula is C21H19BrClF2N3O2S. The zero-order valence-corrected chi connectivity index (χ0v) is 19.8. The number of allylic oxidation sites excluding steroid dienone is 1. The Bertz CT molecular complexity index is 1180. The number of hydrogen-bond donors (Lipinski definition) is 1. The molecule has 4 rings (SSSR count). The van der Waals surface area contributed by atoms with E-state index in [-0.39, 0.29) is 5.75 Å². The standard InChI is InChI=1S/C21H19BrClF2N3O2S/c1-21(2,31(26)29)10-11-8-16(18-13(22)4-3-5-17(18)30-20(24)25)28-15-9-12(23)6-7-14(15)27-19(11)28/h3-7,9-10,16,20H,8,26H2,1-2H3/t16-,31?/m1/s1. The summed E-state index contributed by atoms with van der Waals surface area (Å²) in [6.45, 7) is 0.588. The van der Waals surface area contributed by atoms with Gasteiger partial charge in [0, 0.05) is 32.8 Å². The van der Waals surface area contributed by atoms with Crippen LogP contribution in [0.4, 0.5) is 8.78 Å². The predicted molar refractivity (Wildman–Crippen MR) is 123 cm³/mol. The van der Waals surface area contributed by atoms with Crippen LogP contribution in [0.5, 0.6) is 5.75 Å². The van der Waals surface area contributed by atoms with Crippen LogP contribution in [0, 0.1) is 0 Å². The number of nitrogens with two attached hydrogens (primary N) is 1. The second-order valence-corrected chi connectivity index (χ2v) is 10.7. The van der Waals surface area contributed by atoms with Crippen LogP contribution in [0.15, 0.2) is 46.9 Å². The second-order valence-electron chi connectivity index (χ2n) is 7.76. The van der Waals surface area contributed by atoms with Gasteiger partial charge in [-0.3, -0.25) is 0 Å². The summed E-state index contributed by atoms with van der Waals surface area (Å²) in [5.41, 5.74) is 2.87. The van der Waals surface area contributed by atoms with E-state index in [0.29, 0.717) is 32.8 Å². The van der Waals surface area contributed by atoms with Gasteiger partial charge in [-0.2, -0.15) is 13.9 Å². The molecule has 3 aromatic rings. The molecule has 0 amide bonds. The Balaban J connectivity index is 1.96. The van der Waals surface area contributed by atoms with Crippen LogP contribution >= 0.6 is 27.5 Å². The molecule has 1 aliphatic rings. The normalized spacial score (nSPS) is 18.7. The van der Waals surface area contributed by atoms with Crippen LogP contribution in [-0.4, -0.2) is 25.5 Å². The molecule has 2 N–H and O–H groups in total. The molecule has 2 atom stereocenters. The molecule has 2 aromatic carbocycles. The van der Waals surface area contributed by atoms with Crippen molar-refractivity contribution in [3.05, 3.63) is 63.4 Å². The average Bonchev–Trinajstić information content (AvgIpc) is 3.19. The number of nitrogens with zero attached hydrogens (tertiary/aromatic N) is 2. The van der Waals surface area contributed by atoms with E-state index in [0.717, 1.165) is 11.1 Å². The molecule has 5 nitrogen and oxygen atoms in total. The third kappa shape index (κ3) is 4.21. The van der Waals surface area contributed by atoms with Gasteiger partial charge in [-0.15, -0.1) is 0 Å². The molecule has 31 heavy (non-hydrogen) atoms. The summed E-state index contributed by atoms with van der Waals surface area (Å²) in [6.07, 6.45) is 2.28. The van der Waals surface area contributed by atoms with Crippen molar-refractivity contribution in [3.8, 4) is 5.75 Å². The molecule has 2 heterocycles. The van der Waals surface area contributed by atoms with E-state index in [2.05, 4.69) is 15.9 Å². The lowest BCUT2D eigenvalue weighted by Crippen LogP contribution is -2.36. The number of ether oxygens (including phenoxy) is 1. The minimum absolute atomic E-state index is 0.0760. The highest BCUT2D eigenvalue weighted by molar-refractivity contribution is 9.10. The lowest BCUT2D eigenvalue weighted by atomic mass is 9.99. The maximum absolute atomic E-state index is 13.1. The van der Waals surface area contributed by atoms with Crippen LogP contribution in [0.2, 0.25) is 5.02 Å². The molecule has 0 saturated heterocycles. The molecule has 164 valence electrons. The highest BCUT2D eigenvalue weighted by Gasteiger charge is 2.37. The number of hydrogen-bond acceptors (Lipinski definition) is 4. The zero-order chi connectivity index (χ0) is 22.5. The number of fused-ring (bicyclic) bond motifs is 3. The molecule has 1 unspecified atom stereocenters. The summed E-state index contributed by atoms with van der Waals surface area (Å²) in [6, 6.07) is 9.88. The fourth-order valence-electron chi connectivity index (χ4n) is 3.87. The van der Waals surface area contributed by atoms with Crippen molar-refractivity contribution in [2.45, 2.75) is 37.7 Å². The Kier molecular flexibility index (Phi) is 6.08. The SMILES string of the molecule is CC(C)(C=C1C[C@H](c2c(Br)cccc2OC(F)F)n2c1nc1ccc(Cl)cc12)[S+](N)[O-]. The zero-order valence-electron chi connectivity index (χ0n) is 16.6. The van der Waals surface area contributed by atoms with Crippen LogP contribution < -0.4 is 9.88 Å². The van der Waals surface area contributed by atoms with E-state index in [9.17, 15) is 13.3 Å². The molecule has 0 radical (unpaired) electrons. The summed E-state index contributed by atoms with van der Waals surface area (Å²) in [5, 5.41) is 6.22. The second kappa shape index (κ2) is 8.37. The minimum Gasteiger partial charge on any atom is -0.598 e. The van der Waals surface area contributed by atoms with Crippen molar-refractivity contribution < 1.29 is 18.1 Å². The van der Waals surface area contributed by atoms with Gasteiger partial charge in [0.25, 0.3) is 0 Å². The number of rotatable bonds is 5. The highest BCUT2D eigenvalue weighted by atomic mass is 79.9. The predicted octanol–water partition coefficient (Wildman–Crippen LogP) is 5.83. The maximum Gasteiger partial charge on any atom is 0.387 e. The number of imidazole rings is 1. The van der Waals surface area contributed by atoms with Crippen LogP contribution in [0.3, 0.4) is 0 Å². The molecule has 1 aliphatic heterocycles. The number of halogens is 4. The number of aromatic nitrogens is 2. The Labute approximate surface area is 194 Å². The van der Waals surface area contributed by atoms with Crippen molar-refractivity contribution in [1.29, 1.82) is 0 Å². The van der Waals surface area contributed by atoms with Crippen LogP contribution in [0.25, 0.3) is 16.6 Å². The monoisotopic (exact) mass is 529 g/mol. The highest BCUT2D eigenvalue weighted by Crippen LogP contribution is 2.48. The van der Waals surface area contributed by atoms with Gasteiger partial charge in [0.2, 0.25) is 0 Å². The van der Waals surface area contributed by atoms with Gasteiger partial charge in [-0.1, -0.05) is 33.6 Å². The van der Waals surface area contributed by atoms with Gasteiger partial charge < -0.3 is 13.9 Å². The Morgan fingerprint density at radius 3 is 2.81 bits per heavy atom. The fraction of sp³-hybridized carbons (Fsp3) is 0.286. The summed E-state index contributed by atoms with van der Waals surface area (Å²) < 4.78 is 44.9. The van der Waals surface area contributed by atoms with Crippen molar-refractivity contribution in [3.63, 3.8) is 0 Å². The number of benzene rings is 2. The third-order valence-corrected chi connectivity index (χ3v) is 7.35. The third-order valence-electron chi connectivity index (χ3n) is 5.27.